The van der Waals surface area contributed by atoms with Crippen LogP contribution in [0.3, 0.4) is 0 Å². The second-order valence-electron chi connectivity index (χ2n) is 5.31. The average Bonchev–Trinajstić information content (AvgIpc) is 2.62. The van der Waals surface area contributed by atoms with Gasteiger partial charge in [0.15, 0.2) is 5.96 Å². The molecule has 0 spiro atoms. The molecule has 0 unspecified atom stereocenters. The van der Waals surface area contributed by atoms with Gasteiger partial charge < -0.3 is 10.6 Å². The van der Waals surface area contributed by atoms with E-state index in [1.807, 2.05) is 55.5 Å². The molecule has 0 atom stereocenters. The van der Waals surface area contributed by atoms with Gasteiger partial charge in [-0.25, -0.2) is 4.99 Å². The lowest BCUT2D eigenvalue weighted by Gasteiger charge is -2.11. The Balaban J connectivity index is 1.87. The second kappa shape index (κ2) is 9.59. The minimum atomic E-state index is 0.571. The summed E-state index contributed by atoms with van der Waals surface area (Å²) in [5.74, 6) is 0.788. The van der Waals surface area contributed by atoms with Gasteiger partial charge in [-0.1, -0.05) is 35.9 Å². The molecule has 2 aromatic carbocycles. The van der Waals surface area contributed by atoms with Crippen LogP contribution in [0.2, 0.25) is 5.02 Å². The van der Waals surface area contributed by atoms with Crippen molar-refractivity contribution in [3.8, 4) is 6.07 Å². The summed E-state index contributed by atoms with van der Waals surface area (Å²) in [7, 11) is 0. The lowest BCUT2D eigenvalue weighted by molar-refractivity contribution is 0.799. The van der Waals surface area contributed by atoms with E-state index in [1.165, 1.54) is 5.56 Å². The molecule has 0 heterocycles. The molecule has 0 radical (unpaired) electrons. The van der Waals surface area contributed by atoms with E-state index < -0.39 is 0 Å². The summed E-state index contributed by atoms with van der Waals surface area (Å²) in [5.41, 5.74) is 2.97. The SMILES string of the molecule is CCNC(=NCc1ccc(C#N)cc1)NCCc1ccc(Cl)cc1. The summed E-state index contributed by atoms with van der Waals surface area (Å²) < 4.78 is 0. The quantitative estimate of drug-likeness (QED) is 0.625. The minimum absolute atomic E-state index is 0.571. The van der Waals surface area contributed by atoms with Crippen molar-refractivity contribution in [3.63, 3.8) is 0 Å². The van der Waals surface area contributed by atoms with E-state index in [-0.39, 0.29) is 0 Å². The van der Waals surface area contributed by atoms with Gasteiger partial charge >= 0.3 is 0 Å². The Labute approximate surface area is 148 Å². The van der Waals surface area contributed by atoms with E-state index in [2.05, 4.69) is 21.7 Å². The molecular formula is C19H21ClN4. The summed E-state index contributed by atoms with van der Waals surface area (Å²) >= 11 is 5.89. The number of guanidine groups is 1. The molecule has 2 N–H and O–H groups in total. The first-order chi connectivity index (χ1) is 11.7. The van der Waals surface area contributed by atoms with Crippen molar-refractivity contribution in [1.82, 2.24) is 10.6 Å². The Bertz CT molecular complexity index is 700. The van der Waals surface area contributed by atoms with Crippen LogP contribution >= 0.6 is 11.6 Å². The Morgan fingerprint density at radius 3 is 2.33 bits per heavy atom. The van der Waals surface area contributed by atoms with Gasteiger partial charge in [0.1, 0.15) is 0 Å². The number of halogens is 1. The van der Waals surface area contributed by atoms with Gasteiger partial charge in [0.2, 0.25) is 0 Å². The molecule has 0 aliphatic rings. The smallest absolute Gasteiger partial charge is 0.191 e. The van der Waals surface area contributed by atoms with Gasteiger partial charge in [0, 0.05) is 18.1 Å². The lowest BCUT2D eigenvalue weighted by atomic mass is 10.1. The molecule has 0 bridgehead atoms. The van der Waals surface area contributed by atoms with Gasteiger partial charge in [-0.2, -0.15) is 5.26 Å². The topological polar surface area (TPSA) is 60.2 Å². The average molecular weight is 341 g/mol. The summed E-state index contributed by atoms with van der Waals surface area (Å²) in [6.07, 6.45) is 0.901. The summed E-state index contributed by atoms with van der Waals surface area (Å²) in [5, 5.41) is 16.1. The molecule has 4 nitrogen and oxygen atoms in total. The van der Waals surface area contributed by atoms with Crippen LogP contribution in [0, 0.1) is 11.3 Å². The Kier molecular flexibility index (Phi) is 7.13. The molecule has 5 heteroatoms. The van der Waals surface area contributed by atoms with Crippen molar-refractivity contribution in [2.24, 2.45) is 4.99 Å². The predicted octanol–water partition coefficient (Wildman–Crippen LogP) is 3.51. The van der Waals surface area contributed by atoms with Crippen LogP contribution in [-0.2, 0) is 13.0 Å². The number of hydrogen-bond acceptors (Lipinski definition) is 2. The van der Waals surface area contributed by atoms with Gasteiger partial charge in [0.05, 0.1) is 18.2 Å². The van der Waals surface area contributed by atoms with Crippen LogP contribution in [0.25, 0.3) is 0 Å². The third kappa shape index (κ3) is 5.94. The predicted molar refractivity (Wildman–Crippen MR) is 99.1 cm³/mol. The third-order valence-corrected chi connectivity index (χ3v) is 3.72. The fourth-order valence-corrected chi connectivity index (χ4v) is 2.30. The van der Waals surface area contributed by atoms with E-state index in [0.717, 1.165) is 36.1 Å². The van der Waals surface area contributed by atoms with Crippen molar-refractivity contribution >= 4 is 17.6 Å². The Morgan fingerprint density at radius 1 is 1.04 bits per heavy atom. The lowest BCUT2D eigenvalue weighted by Crippen LogP contribution is -2.38. The molecule has 0 aromatic heterocycles. The summed E-state index contributed by atoms with van der Waals surface area (Å²) in [6.45, 7) is 4.21. The molecule has 0 saturated heterocycles. The highest BCUT2D eigenvalue weighted by Crippen LogP contribution is 2.09. The number of nitrogens with zero attached hydrogens (tertiary/aromatic N) is 2. The molecule has 24 heavy (non-hydrogen) atoms. The molecule has 0 aliphatic heterocycles. The monoisotopic (exact) mass is 340 g/mol. The van der Waals surface area contributed by atoms with Gasteiger partial charge in [-0.3, -0.25) is 0 Å². The molecule has 2 rings (SSSR count). The molecule has 2 aromatic rings. The van der Waals surface area contributed by atoms with Crippen LogP contribution in [-0.4, -0.2) is 19.0 Å². The van der Waals surface area contributed by atoms with Gasteiger partial charge in [-0.05, 0) is 48.7 Å². The summed E-state index contributed by atoms with van der Waals surface area (Å²) in [4.78, 5) is 4.57. The first-order valence-corrected chi connectivity index (χ1v) is 8.34. The van der Waals surface area contributed by atoms with E-state index in [4.69, 9.17) is 16.9 Å². The number of nitriles is 1. The zero-order valence-corrected chi connectivity index (χ0v) is 14.5. The maximum Gasteiger partial charge on any atom is 0.191 e. The Hall–Kier alpha value is -2.51. The normalized spacial score (nSPS) is 11.0. The zero-order chi connectivity index (χ0) is 17.2. The van der Waals surface area contributed by atoms with E-state index in [0.29, 0.717) is 12.1 Å². The largest absolute Gasteiger partial charge is 0.357 e. The number of rotatable bonds is 6. The summed E-state index contributed by atoms with van der Waals surface area (Å²) in [6, 6.07) is 17.5. The van der Waals surface area contributed by atoms with Crippen LogP contribution in [0.4, 0.5) is 0 Å². The van der Waals surface area contributed by atoms with Gasteiger partial charge in [-0.15, -0.1) is 0 Å². The first kappa shape index (κ1) is 17.8. The highest BCUT2D eigenvalue weighted by atomic mass is 35.5. The van der Waals surface area contributed by atoms with E-state index >= 15 is 0 Å². The number of nitrogens with one attached hydrogen (secondary N) is 2. The highest BCUT2D eigenvalue weighted by Gasteiger charge is 1.99. The minimum Gasteiger partial charge on any atom is -0.357 e. The van der Waals surface area contributed by atoms with Crippen LogP contribution in [0.15, 0.2) is 53.5 Å². The fourth-order valence-electron chi connectivity index (χ4n) is 2.17. The number of benzene rings is 2. The van der Waals surface area contributed by atoms with Crippen LogP contribution in [0.5, 0.6) is 0 Å². The second-order valence-corrected chi connectivity index (χ2v) is 5.74. The molecule has 0 amide bonds. The number of aliphatic imine (C=N–C) groups is 1. The molecule has 0 saturated carbocycles. The van der Waals surface area contributed by atoms with Crippen molar-refractivity contribution in [2.75, 3.05) is 13.1 Å². The molecule has 0 fully saturated rings. The standard InChI is InChI=1S/C19H21ClN4/c1-2-22-19(23-12-11-15-7-9-18(20)10-8-15)24-14-17-5-3-16(13-21)4-6-17/h3-10H,2,11-12,14H2,1H3,(H2,22,23,24). The van der Waals surface area contributed by atoms with Crippen LogP contribution in [0.1, 0.15) is 23.6 Å². The molecule has 124 valence electrons. The van der Waals surface area contributed by atoms with Gasteiger partial charge in [0.25, 0.3) is 0 Å². The maximum atomic E-state index is 8.82. The zero-order valence-electron chi connectivity index (χ0n) is 13.7. The molecular weight excluding hydrogens is 320 g/mol. The van der Waals surface area contributed by atoms with E-state index in [1.54, 1.807) is 0 Å². The molecule has 0 aliphatic carbocycles. The highest BCUT2D eigenvalue weighted by molar-refractivity contribution is 6.30. The van der Waals surface area contributed by atoms with Crippen molar-refractivity contribution in [1.29, 1.82) is 5.26 Å². The Morgan fingerprint density at radius 2 is 1.71 bits per heavy atom. The number of hydrogen-bond donors (Lipinski definition) is 2. The fraction of sp³-hybridized carbons (Fsp3) is 0.263. The third-order valence-electron chi connectivity index (χ3n) is 3.47. The first-order valence-electron chi connectivity index (χ1n) is 7.97. The van der Waals surface area contributed by atoms with E-state index in [9.17, 15) is 0 Å². The van der Waals surface area contributed by atoms with Crippen molar-refractivity contribution in [3.05, 3.63) is 70.2 Å². The maximum absolute atomic E-state index is 8.82. The van der Waals surface area contributed by atoms with Crippen molar-refractivity contribution in [2.45, 2.75) is 19.9 Å². The van der Waals surface area contributed by atoms with Crippen molar-refractivity contribution < 1.29 is 0 Å². The van der Waals surface area contributed by atoms with Crippen LogP contribution < -0.4 is 10.6 Å².